The van der Waals surface area contributed by atoms with Crippen LogP contribution in [0.5, 0.6) is 0 Å². The van der Waals surface area contributed by atoms with Crippen molar-refractivity contribution in [2.45, 2.75) is 72.8 Å². The summed E-state index contributed by atoms with van der Waals surface area (Å²) in [5.41, 5.74) is -0.0314. The molecule has 3 nitrogen and oxygen atoms in total. The summed E-state index contributed by atoms with van der Waals surface area (Å²) in [4.78, 5) is 13.6. The Morgan fingerprint density at radius 3 is 2.11 bits per heavy atom. The van der Waals surface area contributed by atoms with Crippen LogP contribution < -0.4 is 0 Å². The van der Waals surface area contributed by atoms with Crippen LogP contribution in [0.3, 0.4) is 0 Å². The Bertz CT molecular complexity index is 254. The van der Waals surface area contributed by atoms with Crippen molar-refractivity contribution < 1.29 is 9.53 Å². The van der Waals surface area contributed by atoms with Gasteiger partial charge >= 0.3 is 6.09 Å². The fourth-order valence-electron chi connectivity index (χ4n) is 1.91. The van der Waals surface area contributed by atoms with Crippen LogP contribution in [-0.2, 0) is 4.74 Å². The molecule has 0 saturated heterocycles. The van der Waals surface area contributed by atoms with Crippen molar-refractivity contribution in [3.05, 3.63) is 0 Å². The van der Waals surface area contributed by atoms with E-state index in [2.05, 4.69) is 27.7 Å². The second-order valence-electron chi connectivity index (χ2n) is 6.96. The third-order valence-electron chi connectivity index (χ3n) is 2.95. The second kappa shape index (κ2) is 7.01. The van der Waals surface area contributed by atoms with Gasteiger partial charge in [-0.2, -0.15) is 0 Å². The smallest absolute Gasteiger partial charge is 0.410 e. The summed E-state index contributed by atoms with van der Waals surface area (Å²) in [6.45, 7) is 13.5. The Balaban J connectivity index is 4.04. The minimum absolute atomic E-state index is 0.206. The quantitative estimate of drug-likeness (QED) is 0.703. The molecule has 0 rings (SSSR count). The van der Waals surface area contributed by atoms with Gasteiger partial charge in [0, 0.05) is 13.6 Å². The number of hydrogen-bond donors (Lipinski definition) is 0. The molecule has 18 heavy (non-hydrogen) atoms. The minimum Gasteiger partial charge on any atom is -0.443 e. The molecular formula is C15H31NO2. The maximum absolute atomic E-state index is 11.9. The van der Waals surface area contributed by atoms with Gasteiger partial charge in [-0.05, 0) is 38.5 Å². The lowest BCUT2D eigenvalue weighted by atomic mass is 9.90. The molecule has 0 spiro atoms. The molecular weight excluding hydrogens is 226 g/mol. The number of carbonyl (C=O) groups is 1. The Morgan fingerprint density at radius 1 is 1.11 bits per heavy atom. The first-order chi connectivity index (χ1) is 8.07. The number of hydrogen-bond acceptors (Lipinski definition) is 2. The highest BCUT2D eigenvalue weighted by Gasteiger charge is 2.23. The van der Waals surface area contributed by atoms with E-state index in [0.29, 0.717) is 5.41 Å². The largest absolute Gasteiger partial charge is 0.443 e. The van der Waals surface area contributed by atoms with Crippen molar-refractivity contribution in [3.63, 3.8) is 0 Å². The summed E-state index contributed by atoms with van der Waals surface area (Å²) >= 11 is 0. The predicted octanol–water partition coefficient (Wildman–Crippen LogP) is 4.46. The van der Waals surface area contributed by atoms with E-state index in [-0.39, 0.29) is 11.7 Å². The highest BCUT2D eigenvalue weighted by Crippen LogP contribution is 2.21. The van der Waals surface area contributed by atoms with E-state index in [1.165, 1.54) is 0 Å². The van der Waals surface area contributed by atoms with Crippen LogP contribution in [0, 0.1) is 5.41 Å². The highest BCUT2D eigenvalue weighted by molar-refractivity contribution is 5.67. The third kappa shape index (κ3) is 8.37. The van der Waals surface area contributed by atoms with E-state index < -0.39 is 0 Å². The Morgan fingerprint density at radius 2 is 1.67 bits per heavy atom. The average molecular weight is 257 g/mol. The van der Waals surface area contributed by atoms with Gasteiger partial charge in [-0.1, -0.05) is 34.1 Å². The van der Waals surface area contributed by atoms with Crippen molar-refractivity contribution >= 4 is 6.09 Å². The Hall–Kier alpha value is -0.730. The molecule has 0 aliphatic carbocycles. The van der Waals surface area contributed by atoms with Crippen molar-refractivity contribution in [1.29, 1.82) is 0 Å². The summed E-state index contributed by atoms with van der Waals surface area (Å²) in [7, 11) is 1.81. The van der Waals surface area contributed by atoms with Crippen LogP contribution in [0.1, 0.15) is 67.2 Å². The summed E-state index contributed by atoms with van der Waals surface area (Å²) < 4.78 is 5.51. The van der Waals surface area contributed by atoms with E-state index in [0.717, 1.165) is 32.2 Å². The fraction of sp³-hybridized carbons (Fsp3) is 0.933. The average Bonchev–Trinajstić information content (AvgIpc) is 2.14. The fourth-order valence-corrected chi connectivity index (χ4v) is 1.91. The maximum Gasteiger partial charge on any atom is 0.410 e. The number of nitrogens with zero attached hydrogens (tertiary/aromatic N) is 1. The Labute approximate surface area is 113 Å². The number of carbonyl (C=O) groups excluding carboxylic acids is 1. The molecule has 0 aliphatic rings. The Kier molecular flexibility index (Phi) is 6.72. The van der Waals surface area contributed by atoms with Gasteiger partial charge in [0.25, 0.3) is 0 Å². The molecule has 0 aliphatic heterocycles. The molecule has 1 amide bonds. The van der Waals surface area contributed by atoms with Gasteiger partial charge in [-0.25, -0.2) is 4.79 Å². The van der Waals surface area contributed by atoms with E-state index >= 15 is 0 Å². The van der Waals surface area contributed by atoms with Gasteiger partial charge in [0.2, 0.25) is 0 Å². The number of ether oxygens (including phenoxy) is 1. The normalized spacial score (nSPS) is 12.4. The zero-order chi connectivity index (χ0) is 14.4. The van der Waals surface area contributed by atoms with E-state index in [9.17, 15) is 4.79 Å². The predicted molar refractivity (Wildman–Crippen MR) is 76.8 cm³/mol. The second-order valence-corrected chi connectivity index (χ2v) is 6.96. The van der Waals surface area contributed by atoms with Crippen molar-refractivity contribution in [1.82, 2.24) is 4.90 Å². The monoisotopic (exact) mass is 257 g/mol. The first-order valence-electron chi connectivity index (χ1n) is 7.01. The topological polar surface area (TPSA) is 29.5 Å². The molecule has 0 aromatic heterocycles. The lowest BCUT2D eigenvalue weighted by Gasteiger charge is -2.28. The third-order valence-corrected chi connectivity index (χ3v) is 2.95. The molecule has 0 atom stereocenters. The van der Waals surface area contributed by atoms with Crippen LogP contribution in [0.2, 0.25) is 0 Å². The molecule has 0 aromatic rings. The van der Waals surface area contributed by atoms with Crippen molar-refractivity contribution in [2.24, 2.45) is 5.41 Å². The van der Waals surface area contributed by atoms with Gasteiger partial charge in [0.15, 0.2) is 0 Å². The SMILES string of the molecule is CCCC(C)(C)OC(=O)N(C)CCCC(C)(C)C. The van der Waals surface area contributed by atoms with Crippen molar-refractivity contribution in [3.8, 4) is 0 Å². The number of rotatable bonds is 6. The van der Waals surface area contributed by atoms with Gasteiger partial charge in [0.05, 0.1) is 0 Å². The van der Waals surface area contributed by atoms with Gasteiger partial charge in [0.1, 0.15) is 5.60 Å². The lowest BCUT2D eigenvalue weighted by molar-refractivity contribution is 0.0118. The van der Waals surface area contributed by atoms with Crippen LogP contribution >= 0.6 is 0 Å². The zero-order valence-electron chi connectivity index (χ0n) is 13.3. The molecule has 0 saturated carbocycles. The molecule has 0 fully saturated rings. The molecule has 108 valence electrons. The van der Waals surface area contributed by atoms with Crippen LogP contribution in [0.15, 0.2) is 0 Å². The zero-order valence-corrected chi connectivity index (χ0v) is 13.3. The molecule has 0 N–H and O–H groups in total. The van der Waals surface area contributed by atoms with Crippen molar-refractivity contribution in [2.75, 3.05) is 13.6 Å². The van der Waals surface area contributed by atoms with Crippen LogP contribution in [-0.4, -0.2) is 30.2 Å². The standard InChI is InChI=1S/C15H31NO2/c1-8-10-15(5,6)18-13(17)16(7)12-9-11-14(2,3)4/h8-12H2,1-7H3. The summed E-state index contributed by atoms with van der Waals surface area (Å²) in [5.74, 6) is 0. The number of amides is 1. The first kappa shape index (κ1) is 17.3. The molecule has 0 radical (unpaired) electrons. The van der Waals surface area contributed by atoms with E-state index in [4.69, 9.17) is 4.74 Å². The first-order valence-corrected chi connectivity index (χ1v) is 7.01. The summed E-state index contributed by atoms with van der Waals surface area (Å²) in [5, 5.41) is 0. The molecule has 0 heterocycles. The minimum atomic E-state index is -0.357. The lowest BCUT2D eigenvalue weighted by Crippen LogP contribution is -2.36. The van der Waals surface area contributed by atoms with Crippen LogP contribution in [0.25, 0.3) is 0 Å². The van der Waals surface area contributed by atoms with E-state index in [1.54, 1.807) is 4.90 Å². The maximum atomic E-state index is 11.9. The highest BCUT2D eigenvalue weighted by atomic mass is 16.6. The van der Waals surface area contributed by atoms with Gasteiger partial charge < -0.3 is 9.64 Å². The molecule has 0 unspecified atom stereocenters. The molecule has 0 bridgehead atoms. The molecule has 3 heteroatoms. The van der Waals surface area contributed by atoms with Gasteiger partial charge in [-0.15, -0.1) is 0 Å². The van der Waals surface area contributed by atoms with Gasteiger partial charge in [-0.3, -0.25) is 0 Å². The van der Waals surface area contributed by atoms with Crippen LogP contribution in [0.4, 0.5) is 4.79 Å². The molecule has 0 aromatic carbocycles. The summed E-state index contributed by atoms with van der Waals surface area (Å²) in [6, 6.07) is 0. The van der Waals surface area contributed by atoms with E-state index in [1.807, 2.05) is 20.9 Å². The summed E-state index contributed by atoms with van der Waals surface area (Å²) in [6.07, 6.45) is 3.84.